The van der Waals surface area contributed by atoms with Gasteiger partial charge in [-0.2, -0.15) is 0 Å². The Morgan fingerprint density at radius 3 is 2.70 bits per heavy atom. The molecule has 104 valence electrons. The first-order chi connectivity index (χ1) is 9.52. The number of nitrogens with zero attached hydrogens (tertiary/aromatic N) is 1. The molecule has 0 spiro atoms. The summed E-state index contributed by atoms with van der Waals surface area (Å²) in [7, 11) is 0. The van der Waals surface area contributed by atoms with Crippen LogP contribution in [0.25, 0.3) is 0 Å². The van der Waals surface area contributed by atoms with Crippen LogP contribution in [0.4, 0.5) is 4.39 Å². The SMILES string of the molecule is NC(=NO)c1c(F)cccc1Oc1ccc(Br)cc1Cl. The third kappa shape index (κ3) is 3.02. The molecule has 0 aliphatic carbocycles. The molecule has 0 unspecified atom stereocenters. The first-order valence-corrected chi connectivity index (χ1v) is 6.59. The summed E-state index contributed by atoms with van der Waals surface area (Å²) in [4.78, 5) is 0. The van der Waals surface area contributed by atoms with Gasteiger partial charge in [0.05, 0.1) is 10.6 Å². The van der Waals surface area contributed by atoms with Crippen molar-refractivity contribution < 1.29 is 14.3 Å². The quantitative estimate of drug-likeness (QED) is 0.375. The second-order valence-electron chi connectivity index (χ2n) is 3.78. The highest BCUT2D eigenvalue weighted by Gasteiger charge is 2.16. The van der Waals surface area contributed by atoms with Gasteiger partial charge in [-0.1, -0.05) is 38.8 Å². The van der Waals surface area contributed by atoms with Crippen molar-refractivity contribution in [3.05, 3.63) is 57.3 Å². The second-order valence-corrected chi connectivity index (χ2v) is 5.10. The summed E-state index contributed by atoms with van der Waals surface area (Å²) >= 11 is 9.30. The van der Waals surface area contributed by atoms with E-state index in [1.807, 2.05) is 0 Å². The van der Waals surface area contributed by atoms with Crippen molar-refractivity contribution in [3.8, 4) is 11.5 Å². The summed E-state index contributed by atoms with van der Waals surface area (Å²) < 4.78 is 20.1. The molecule has 3 N–H and O–H groups in total. The van der Waals surface area contributed by atoms with E-state index < -0.39 is 5.82 Å². The molecule has 2 aromatic carbocycles. The summed E-state index contributed by atoms with van der Waals surface area (Å²) in [6.45, 7) is 0. The maximum Gasteiger partial charge on any atom is 0.176 e. The molecule has 2 rings (SSSR count). The van der Waals surface area contributed by atoms with Gasteiger partial charge in [0, 0.05) is 4.47 Å². The molecular formula is C13H9BrClFN2O2. The zero-order chi connectivity index (χ0) is 14.7. The molecule has 0 heterocycles. The zero-order valence-electron chi connectivity index (χ0n) is 9.98. The Hall–Kier alpha value is -1.79. The fraction of sp³-hybridized carbons (Fsp3) is 0. The van der Waals surface area contributed by atoms with Crippen molar-refractivity contribution >= 4 is 33.4 Å². The minimum atomic E-state index is -0.661. The summed E-state index contributed by atoms with van der Waals surface area (Å²) in [6.07, 6.45) is 0. The summed E-state index contributed by atoms with van der Waals surface area (Å²) in [6, 6.07) is 9.11. The predicted molar refractivity (Wildman–Crippen MR) is 78.1 cm³/mol. The van der Waals surface area contributed by atoms with Gasteiger partial charge in [-0.05, 0) is 30.3 Å². The van der Waals surface area contributed by atoms with Crippen molar-refractivity contribution in [3.63, 3.8) is 0 Å². The fourth-order valence-electron chi connectivity index (χ4n) is 1.56. The van der Waals surface area contributed by atoms with Crippen LogP contribution in [-0.2, 0) is 0 Å². The van der Waals surface area contributed by atoms with Gasteiger partial charge < -0.3 is 15.7 Å². The Morgan fingerprint density at radius 2 is 2.05 bits per heavy atom. The average Bonchev–Trinajstić information content (AvgIpc) is 2.41. The minimum absolute atomic E-state index is 0.101. The molecule has 0 radical (unpaired) electrons. The van der Waals surface area contributed by atoms with E-state index in [0.717, 1.165) is 4.47 Å². The molecule has 2 aromatic rings. The van der Waals surface area contributed by atoms with Gasteiger partial charge in [0.15, 0.2) is 5.84 Å². The molecule has 7 heteroatoms. The van der Waals surface area contributed by atoms with Crippen molar-refractivity contribution in [2.75, 3.05) is 0 Å². The van der Waals surface area contributed by atoms with Crippen LogP contribution in [0.15, 0.2) is 46.0 Å². The molecule has 0 fully saturated rings. The molecule has 0 aliphatic heterocycles. The lowest BCUT2D eigenvalue weighted by molar-refractivity contribution is 0.318. The average molecular weight is 360 g/mol. The van der Waals surface area contributed by atoms with Crippen LogP contribution in [0.3, 0.4) is 0 Å². The molecule has 0 saturated carbocycles. The number of rotatable bonds is 3. The van der Waals surface area contributed by atoms with Gasteiger partial charge in [-0.25, -0.2) is 4.39 Å². The number of nitrogens with two attached hydrogens (primary N) is 1. The lowest BCUT2D eigenvalue weighted by Gasteiger charge is -2.12. The van der Waals surface area contributed by atoms with Crippen LogP contribution in [-0.4, -0.2) is 11.0 Å². The van der Waals surface area contributed by atoms with Crippen LogP contribution in [0, 0.1) is 5.82 Å². The van der Waals surface area contributed by atoms with Gasteiger partial charge in [0.25, 0.3) is 0 Å². The Morgan fingerprint density at radius 1 is 1.30 bits per heavy atom. The van der Waals surface area contributed by atoms with E-state index in [9.17, 15) is 4.39 Å². The Labute approximate surface area is 127 Å². The molecule has 0 bridgehead atoms. The third-order valence-corrected chi connectivity index (χ3v) is 3.24. The summed E-state index contributed by atoms with van der Waals surface area (Å²) in [5.41, 5.74) is 5.32. The minimum Gasteiger partial charge on any atom is -0.455 e. The van der Waals surface area contributed by atoms with Crippen LogP contribution >= 0.6 is 27.5 Å². The molecule has 0 aliphatic rings. The van der Waals surface area contributed by atoms with Crippen LogP contribution in [0.5, 0.6) is 11.5 Å². The topological polar surface area (TPSA) is 67.8 Å². The van der Waals surface area contributed by atoms with Gasteiger partial charge in [-0.3, -0.25) is 0 Å². The largest absolute Gasteiger partial charge is 0.455 e. The van der Waals surface area contributed by atoms with Gasteiger partial charge in [0.2, 0.25) is 0 Å². The zero-order valence-corrected chi connectivity index (χ0v) is 12.3. The van der Waals surface area contributed by atoms with E-state index in [0.29, 0.717) is 10.8 Å². The Balaban J connectivity index is 2.46. The van der Waals surface area contributed by atoms with Crippen LogP contribution in [0.1, 0.15) is 5.56 Å². The molecule has 0 saturated heterocycles. The Bertz CT molecular complexity index is 679. The highest BCUT2D eigenvalue weighted by Crippen LogP contribution is 2.33. The highest BCUT2D eigenvalue weighted by atomic mass is 79.9. The maximum absolute atomic E-state index is 13.8. The number of oxime groups is 1. The molecule has 0 aromatic heterocycles. The molecule has 0 atom stereocenters. The fourth-order valence-corrected chi connectivity index (χ4v) is 2.28. The standard InChI is InChI=1S/C13H9BrClFN2O2/c14-7-4-5-10(8(15)6-7)20-11-3-1-2-9(16)12(11)13(17)18-19/h1-6,19H,(H2,17,18). The number of hydrogen-bond acceptors (Lipinski definition) is 3. The summed E-state index contributed by atoms with van der Waals surface area (Å²) in [5, 5.41) is 11.8. The normalized spacial score (nSPS) is 11.4. The van der Waals surface area contributed by atoms with Gasteiger partial charge >= 0.3 is 0 Å². The van der Waals surface area contributed by atoms with E-state index in [1.54, 1.807) is 18.2 Å². The van der Waals surface area contributed by atoms with Crippen molar-refractivity contribution in [1.29, 1.82) is 0 Å². The maximum atomic E-state index is 13.8. The van der Waals surface area contributed by atoms with Gasteiger partial charge in [0.1, 0.15) is 17.3 Å². The molecule has 20 heavy (non-hydrogen) atoms. The molecule has 4 nitrogen and oxygen atoms in total. The van der Waals surface area contributed by atoms with Gasteiger partial charge in [-0.15, -0.1) is 0 Å². The van der Waals surface area contributed by atoms with E-state index in [4.69, 9.17) is 27.3 Å². The molecule has 0 amide bonds. The predicted octanol–water partition coefficient (Wildman–Crippen LogP) is 4.13. The molecular weight excluding hydrogens is 351 g/mol. The first-order valence-electron chi connectivity index (χ1n) is 5.42. The number of ether oxygens (including phenoxy) is 1. The van der Waals surface area contributed by atoms with E-state index in [-0.39, 0.29) is 17.1 Å². The van der Waals surface area contributed by atoms with Crippen LogP contribution < -0.4 is 10.5 Å². The third-order valence-electron chi connectivity index (χ3n) is 2.45. The highest BCUT2D eigenvalue weighted by molar-refractivity contribution is 9.10. The smallest absolute Gasteiger partial charge is 0.176 e. The number of benzene rings is 2. The van der Waals surface area contributed by atoms with E-state index in [2.05, 4.69) is 21.1 Å². The number of halogens is 3. The number of hydrogen-bond donors (Lipinski definition) is 2. The van der Waals surface area contributed by atoms with E-state index in [1.165, 1.54) is 18.2 Å². The number of amidine groups is 1. The monoisotopic (exact) mass is 358 g/mol. The van der Waals surface area contributed by atoms with E-state index >= 15 is 0 Å². The second kappa shape index (κ2) is 6.11. The summed E-state index contributed by atoms with van der Waals surface area (Å²) in [5.74, 6) is -0.616. The first kappa shape index (κ1) is 14.6. The Kier molecular flexibility index (Phi) is 4.46. The van der Waals surface area contributed by atoms with Crippen molar-refractivity contribution in [1.82, 2.24) is 0 Å². The lowest BCUT2D eigenvalue weighted by atomic mass is 10.1. The van der Waals surface area contributed by atoms with Crippen molar-refractivity contribution in [2.45, 2.75) is 0 Å². The lowest BCUT2D eigenvalue weighted by Crippen LogP contribution is -2.16. The van der Waals surface area contributed by atoms with Crippen molar-refractivity contribution in [2.24, 2.45) is 10.9 Å². The van der Waals surface area contributed by atoms with Crippen LogP contribution in [0.2, 0.25) is 5.02 Å².